The van der Waals surface area contributed by atoms with Gasteiger partial charge in [-0.05, 0) is 28.8 Å². The number of nitrogens with one attached hydrogen (secondary N) is 1. The molecule has 0 fully saturated rings. The Kier molecular flexibility index (Phi) is 8.84. The highest BCUT2D eigenvalue weighted by atomic mass is 35.5. The Hall–Kier alpha value is -3.15. The van der Waals surface area contributed by atoms with E-state index in [0.717, 1.165) is 16.7 Å². The van der Waals surface area contributed by atoms with Crippen molar-refractivity contribution in [3.05, 3.63) is 107 Å². The quantitative estimate of drug-likeness (QED) is 0.465. The second-order valence-corrected chi connectivity index (χ2v) is 7.84. The summed E-state index contributed by atoms with van der Waals surface area (Å²) in [5.41, 5.74) is 2.54. The number of rotatable bonds is 10. The zero-order chi connectivity index (χ0) is 22.8. The molecule has 3 aromatic carbocycles. The van der Waals surface area contributed by atoms with E-state index in [1.54, 1.807) is 24.1 Å². The molecule has 1 atom stereocenters. The predicted molar refractivity (Wildman–Crippen MR) is 126 cm³/mol. The third-order valence-corrected chi connectivity index (χ3v) is 5.32. The number of nitrogens with zero attached hydrogens (tertiary/aromatic N) is 1. The van der Waals surface area contributed by atoms with Crippen LogP contribution in [-0.2, 0) is 27.3 Å². The molecule has 166 valence electrons. The fourth-order valence-electron chi connectivity index (χ4n) is 3.46. The number of carbonyl (C=O) groups excluding carboxylic acids is 2. The van der Waals surface area contributed by atoms with E-state index in [-0.39, 0.29) is 18.2 Å². The number of hydrogen-bond acceptors (Lipinski definition) is 3. The maximum Gasteiger partial charge on any atom is 0.247 e. The van der Waals surface area contributed by atoms with Gasteiger partial charge in [-0.1, -0.05) is 84.4 Å². The third kappa shape index (κ3) is 6.67. The van der Waals surface area contributed by atoms with Crippen LogP contribution in [0.15, 0.2) is 84.9 Å². The summed E-state index contributed by atoms with van der Waals surface area (Å²) >= 11 is 5.99. The fourth-order valence-corrected chi connectivity index (χ4v) is 3.59. The van der Waals surface area contributed by atoms with Crippen LogP contribution in [0.2, 0.25) is 5.02 Å². The van der Waals surface area contributed by atoms with Crippen LogP contribution in [0.4, 0.5) is 0 Å². The molecule has 0 radical (unpaired) electrons. The molecule has 0 aliphatic heterocycles. The minimum Gasteiger partial charge on any atom is -0.383 e. The predicted octanol–water partition coefficient (Wildman–Crippen LogP) is 4.42. The molecule has 0 saturated carbocycles. The van der Waals surface area contributed by atoms with Crippen LogP contribution in [0.1, 0.15) is 22.7 Å². The van der Waals surface area contributed by atoms with E-state index in [2.05, 4.69) is 5.32 Å². The second kappa shape index (κ2) is 12.0. The molecule has 0 bridgehead atoms. The van der Waals surface area contributed by atoms with Crippen LogP contribution in [0.3, 0.4) is 0 Å². The van der Waals surface area contributed by atoms with Crippen LogP contribution in [0.5, 0.6) is 0 Å². The summed E-state index contributed by atoms with van der Waals surface area (Å²) in [7, 11) is 1.58. The van der Waals surface area contributed by atoms with Crippen molar-refractivity contribution < 1.29 is 14.3 Å². The van der Waals surface area contributed by atoms with Gasteiger partial charge in [-0.15, -0.1) is 0 Å². The van der Waals surface area contributed by atoms with Crippen molar-refractivity contribution in [2.24, 2.45) is 0 Å². The normalized spacial score (nSPS) is 11.6. The van der Waals surface area contributed by atoms with E-state index in [9.17, 15) is 9.59 Å². The van der Waals surface area contributed by atoms with Crippen LogP contribution in [-0.4, -0.2) is 37.0 Å². The van der Waals surface area contributed by atoms with Crippen molar-refractivity contribution >= 4 is 23.4 Å². The highest BCUT2D eigenvalue weighted by molar-refractivity contribution is 6.30. The molecule has 3 aromatic rings. The molecule has 1 unspecified atom stereocenters. The second-order valence-electron chi connectivity index (χ2n) is 7.41. The number of methoxy groups -OCH3 is 1. The van der Waals surface area contributed by atoms with Gasteiger partial charge in [-0.3, -0.25) is 9.59 Å². The van der Waals surface area contributed by atoms with Gasteiger partial charge in [0.2, 0.25) is 11.8 Å². The summed E-state index contributed by atoms with van der Waals surface area (Å²) in [6.07, 6.45) is 0.165. The van der Waals surface area contributed by atoms with Crippen molar-refractivity contribution in [2.75, 3.05) is 20.3 Å². The first-order valence-corrected chi connectivity index (χ1v) is 10.9. The Balaban J connectivity index is 1.94. The lowest BCUT2D eigenvalue weighted by molar-refractivity contribution is -0.141. The summed E-state index contributed by atoms with van der Waals surface area (Å²) in [5, 5.41) is 3.51. The standard InChI is InChI=1S/C26H27ClN2O3/c1-32-17-16-28-26(31)25(22-10-6-3-7-11-22)29(19-21-8-4-2-5-9-21)24(30)18-20-12-14-23(27)15-13-20/h2-15,25H,16-19H2,1H3,(H,28,31). The SMILES string of the molecule is COCCNC(=O)C(c1ccccc1)N(Cc1ccccc1)C(=O)Cc1ccc(Cl)cc1. The molecule has 32 heavy (non-hydrogen) atoms. The number of amides is 2. The van der Waals surface area contributed by atoms with E-state index in [1.165, 1.54) is 0 Å². The number of hydrogen-bond donors (Lipinski definition) is 1. The van der Waals surface area contributed by atoms with Gasteiger partial charge in [0.15, 0.2) is 0 Å². The third-order valence-electron chi connectivity index (χ3n) is 5.07. The van der Waals surface area contributed by atoms with Gasteiger partial charge in [-0.2, -0.15) is 0 Å². The van der Waals surface area contributed by atoms with Gasteiger partial charge >= 0.3 is 0 Å². The molecule has 2 amide bonds. The maximum absolute atomic E-state index is 13.5. The molecule has 0 aromatic heterocycles. The Morgan fingerprint density at radius 1 is 0.906 bits per heavy atom. The van der Waals surface area contributed by atoms with E-state index in [1.807, 2.05) is 72.8 Å². The molecule has 0 aliphatic rings. The first kappa shape index (κ1) is 23.5. The lowest BCUT2D eigenvalue weighted by Gasteiger charge is -2.32. The van der Waals surface area contributed by atoms with Crippen molar-refractivity contribution in [3.63, 3.8) is 0 Å². The molecule has 3 rings (SSSR count). The van der Waals surface area contributed by atoms with Crippen molar-refractivity contribution in [2.45, 2.75) is 19.0 Å². The lowest BCUT2D eigenvalue weighted by Crippen LogP contribution is -2.44. The van der Waals surface area contributed by atoms with Gasteiger partial charge in [0.05, 0.1) is 13.0 Å². The Labute approximate surface area is 194 Å². The average molecular weight is 451 g/mol. The van der Waals surface area contributed by atoms with Crippen LogP contribution in [0, 0.1) is 0 Å². The van der Waals surface area contributed by atoms with Gasteiger partial charge in [0.1, 0.15) is 6.04 Å². The van der Waals surface area contributed by atoms with E-state index >= 15 is 0 Å². The molecule has 1 N–H and O–H groups in total. The van der Waals surface area contributed by atoms with Crippen LogP contribution in [0.25, 0.3) is 0 Å². The van der Waals surface area contributed by atoms with Crippen molar-refractivity contribution in [1.29, 1.82) is 0 Å². The lowest BCUT2D eigenvalue weighted by atomic mass is 10.0. The topological polar surface area (TPSA) is 58.6 Å². The molecule has 5 nitrogen and oxygen atoms in total. The van der Waals surface area contributed by atoms with Crippen LogP contribution >= 0.6 is 11.6 Å². The van der Waals surface area contributed by atoms with E-state index in [4.69, 9.17) is 16.3 Å². The summed E-state index contributed by atoms with van der Waals surface area (Å²) < 4.78 is 5.06. The summed E-state index contributed by atoms with van der Waals surface area (Å²) in [6.45, 7) is 1.07. The van der Waals surface area contributed by atoms with Gasteiger partial charge in [0, 0.05) is 25.2 Å². The number of carbonyl (C=O) groups is 2. The molecule has 0 saturated heterocycles. The zero-order valence-electron chi connectivity index (χ0n) is 18.0. The number of halogens is 1. The van der Waals surface area contributed by atoms with Gasteiger partial charge in [0.25, 0.3) is 0 Å². The maximum atomic E-state index is 13.5. The molecule has 0 spiro atoms. The van der Waals surface area contributed by atoms with Crippen molar-refractivity contribution in [3.8, 4) is 0 Å². The summed E-state index contributed by atoms with van der Waals surface area (Å²) in [6, 6.07) is 25.5. The largest absolute Gasteiger partial charge is 0.383 e. The first-order chi connectivity index (χ1) is 15.6. The van der Waals surface area contributed by atoms with Crippen LogP contribution < -0.4 is 5.32 Å². The molecular weight excluding hydrogens is 424 g/mol. The van der Waals surface area contributed by atoms with Gasteiger partial charge < -0.3 is 15.0 Å². The number of benzene rings is 3. The Bertz CT molecular complexity index is 995. The molecule has 6 heteroatoms. The Morgan fingerprint density at radius 2 is 1.53 bits per heavy atom. The number of ether oxygens (including phenoxy) is 1. The smallest absolute Gasteiger partial charge is 0.247 e. The van der Waals surface area contributed by atoms with Crippen molar-refractivity contribution in [1.82, 2.24) is 10.2 Å². The van der Waals surface area contributed by atoms with E-state index in [0.29, 0.717) is 24.7 Å². The highest BCUT2D eigenvalue weighted by Crippen LogP contribution is 2.25. The van der Waals surface area contributed by atoms with E-state index < -0.39 is 6.04 Å². The molecule has 0 heterocycles. The highest BCUT2D eigenvalue weighted by Gasteiger charge is 2.31. The minimum atomic E-state index is -0.770. The monoisotopic (exact) mass is 450 g/mol. The molecular formula is C26H27ClN2O3. The molecule has 0 aliphatic carbocycles. The zero-order valence-corrected chi connectivity index (χ0v) is 18.8. The first-order valence-electron chi connectivity index (χ1n) is 10.5. The average Bonchev–Trinajstić information content (AvgIpc) is 2.81. The summed E-state index contributed by atoms with van der Waals surface area (Å²) in [4.78, 5) is 28.5. The Morgan fingerprint density at radius 3 is 2.16 bits per heavy atom. The summed E-state index contributed by atoms with van der Waals surface area (Å²) in [5.74, 6) is -0.388. The fraction of sp³-hybridized carbons (Fsp3) is 0.231. The minimum absolute atomic E-state index is 0.146. The van der Waals surface area contributed by atoms with Gasteiger partial charge in [-0.25, -0.2) is 0 Å².